The fourth-order valence-electron chi connectivity index (χ4n) is 2.84. The van der Waals surface area contributed by atoms with E-state index in [1.54, 1.807) is 12.1 Å². The standard InChI is InChI=1S/C16H23BrN2O2/c1-12-5-2-3-9-19(12)10-4-8-18-15-11-13(17)6-7-14(15)16(20)21/h6-7,11-12,18H,2-5,8-10H2,1H3,(H,20,21). The third kappa shape index (κ3) is 4.71. The summed E-state index contributed by atoms with van der Waals surface area (Å²) in [5.41, 5.74) is 1.01. The molecule has 0 bridgehead atoms. The average Bonchev–Trinajstić information content (AvgIpc) is 2.45. The molecule has 1 aromatic carbocycles. The van der Waals surface area contributed by atoms with Crippen molar-refractivity contribution in [2.75, 3.05) is 25.0 Å². The van der Waals surface area contributed by atoms with Crippen LogP contribution in [0.4, 0.5) is 5.69 Å². The molecule has 1 aromatic rings. The van der Waals surface area contributed by atoms with Crippen molar-refractivity contribution in [2.24, 2.45) is 0 Å². The molecular weight excluding hydrogens is 332 g/mol. The summed E-state index contributed by atoms with van der Waals surface area (Å²) in [5.74, 6) is -0.894. The molecule has 1 unspecified atom stereocenters. The molecule has 0 aliphatic carbocycles. The molecule has 0 aromatic heterocycles. The molecule has 0 amide bonds. The first kappa shape index (κ1) is 16.3. The number of halogens is 1. The molecule has 0 saturated carbocycles. The number of rotatable bonds is 6. The van der Waals surface area contributed by atoms with Gasteiger partial charge in [-0.2, -0.15) is 0 Å². The highest BCUT2D eigenvalue weighted by molar-refractivity contribution is 9.10. The van der Waals surface area contributed by atoms with Crippen molar-refractivity contribution in [3.63, 3.8) is 0 Å². The van der Waals surface area contributed by atoms with Crippen molar-refractivity contribution in [1.29, 1.82) is 0 Å². The fraction of sp³-hybridized carbons (Fsp3) is 0.562. The van der Waals surface area contributed by atoms with E-state index in [-0.39, 0.29) is 0 Å². The van der Waals surface area contributed by atoms with Gasteiger partial charge in [0.1, 0.15) is 0 Å². The van der Waals surface area contributed by atoms with Gasteiger partial charge in [-0.15, -0.1) is 0 Å². The summed E-state index contributed by atoms with van der Waals surface area (Å²) in [5, 5.41) is 12.4. The van der Waals surface area contributed by atoms with Crippen LogP contribution in [-0.2, 0) is 0 Å². The van der Waals surface area contributed by atoms with Gasteiger partial charge in [0, 0.05) is 29.3 Å². The zero-order chi connectivity index (χ0) is 15.2. The SMILES string of the molecule is CC1CCCCN1CCCNc1cc(Br)ccc1C(=O)O. The van der Waals surface area contributed by atoms with Crippen molar-refractivity contribution < 1.29 is 9.90 Å². The molecular formula is C16H23BrN2O2. The maximum absolute atomic E-state index is 11.2. The van der Waals surface area contributed by atoms with E-state index in [9.17, 15) is 9.90 Å². The molecule has 1 aliphatic rings. The van der Waals surface area contributed by atoms with Gasteiger partial charge in [0.25, 0.3) is 0 Å². The van der Waals surface area contributed by atoms with Crippen molar-refractivity contribution in [1.82, 2.24) is 4.90 Å². The van der Waals surface area contributed by atoms with Crippen LogP contribution in [-0.4, -0.2) is 41.7 Å². The van der Waals surface area contributed by atoms with E-state index in [0.29, 0.717) is 17.3 Å². The average molecular weight is 355 g/mol. The molecule has 116 valence electrons. The Morgan fingerprint density at radius 3 is 3.00 bits per heavy atom. The number of likely N-dealkylation sites (tertiary alicyclic amines) is 1. The molecule has 1 saturated heterocycles. The lowest BCUT2D eigenvalue weighted by Crippen LogP contribution is -2.38. The van der Waals surface area contributed by atoms with Crippen LogP contribution in [0.5, 0.6) is 0 Å². The largest absolute Gasteiger partial charge is 0.478 e. The van der Waals surface area contributed by atoms with Crippen LogP contribution in [0.15, 0.2) is 22.7 Å². The number of carboxylic acid groups (broad SMARTS) is 1. The first-order chi connectivity index (χ1) is 10.1. The molecule has 1 atom stereocenters. The molecule has 5 heteroatoms. The Morgan fingerprint density at radius 1 is 1.48 bits per heavy atom. The zero-order valence-electron chi connectivity index (χ0n) is 12.4. The molecule has 2 rings (SSSR count). The van der Waals surface area contributed by atoms with Crippen LogP contribution < -0.4 is 5.32 Å². The van der Waals surface area contributed by atoms with Crippen LogP contribution in [0.1, 0.15) is 43.0 Å². The quantitative estimate of drug-likeness (QED) is 0.762. The number of piperidine rings is 1. The number of aromatic carboxylic acids is 1. The molecule has 2 N–H and O–H groups in total. The summed E-state index contributed by atoms with van der Waals surface area (Å²) in [6.45, 7) is 5.35. The van der Waals surface area contributed by atoms with Crippen molar-refractivity contribution >= 4 is 27.6 Å². The van der Waals surface area contributed by atoms with E-state index in [2.05, 4.69) is 33.1 Å². The number of hydrogen-bond donors (Lipinski definition) is 2. The summed E-state index contributed by atoms with van der Waals surface area (Å²) >= 11 is 3.38. The maximum Gasteiger partial charge on any atom is 0.337 e. The smallest absolute Gasteiger partial charge is 0.337 e. The highest BCUT2D eigenvalue weighted by Crippen LogP contribution is 2.22. The van der Waals surface area contributed by atoms with Crippen LogP contribution >= 0.6 is 15.9 Å². The third-order valence-corrected chi connectivity index (χ3v) is 4.58. The Kier molecular flexibility index (Phi) is 6.06. The fourth-order valence-corrected chi connectivity index (χ4v) is 3.21. The number of nitrogens with zero attached hydrogens (tertiary/aromatic N) is 1. The Balaban J connectivity index is 1.83. The topological polar surface area (TPSA) is 52.6 Å². The van der Waals surface area contributed by atoms with E-state index in [1.165, 1.54) is 25.8 Å². The highest BCUT2D eigenvalue weighted by Gasteiger charge is 2.17. The summed E-state index contributed by atoms with van der Waals surface area (Å²) in [6.07, 6.45) is 4.96. The number of anilines is 1. The van der Waals surface area contributed by atoms with Crippen LogP contribution in [0, 0.1) is 0 Å². The van der Waals surface area contributed by atoms with E-state index in [4.69, 9.17) is 0 Å². The predicted octanol–water partition coefficient (Wildman–Crippen LogP) is 3.82. The van der Waals surface area contributed by atoms with Crippen LogP contribution in [0.2, 0.25) is 0 Å². The lowest BCUT2D eigenvalue weighted by atomic mass is 10.0. The Hall–Kier alpha value is -1.07. The Bertz CT molecular complexity index is 493. The molecule has 0 radical (unpaired) electrons. The van der Waals surface area contributed by atoms with Gasteiger partial charge < -0.3 is 15.3 Å². The predicted molar refractivity (Wildman–Crippen MR) is 89.1 cm³/mol. The summed E-state index contributed by atoms with van der Waals surface area (Å²) < 4.78 is 0.889. The van der Waals surface area contributed by atoms with Gasteiger partial charge in [0.05, 0.1) is 5.56 Å². The number of benzene rings is 1. The minimum atomic E-state index is -0.894. The molecule has 0 spiro atoms. The van der Waals surface area contributed by atoms with Gasteiger partial charge in [-0.05, 0) is 50.9 Å². The Labute approximate surface area is 134 Å². The van der Waals surface area contributed by atoms with Crippen molar-refractivity contribution in [3.8, 4) is 0 Å². The number of nitrogens with one attached hydrogen (secondary N) is 1. The minimum Gasteiger partial charge on any atom is -0.478 e. The second-order valence-electron chi connectivity index (χ2n) is 5.66. The van der Waals surface area contributed by atoms with Crippen molar-refractivity contribution in [3.05, 3.63) is 28.2 Å². The Morgan fingerprint density at radius 2 is 2.29 bits per heavy atom. The first-order valence-electron chi connectivity index (χ1n) is 7.58. The summed E-state index contributed by atoms with van der Waals surface area (Å²) in [4.78, 5) is 13.7. The second kappa shape index (κ2) is 7.80. The second-order valence-corrected chi connectivity index (χ2v) is 6.57. The monoisotopic (exact) mass is 354 g/mol. The third-order valence-electron chi connectivity index (χ3n) is 4.09. The van der Waals surface area contributed by atoms with E-state index in [0.717, 1.165) is 24.0 Å². The normalized spacial score (nSPS) is 19.4. The zero-order valence-corrected chi connectivity index (χ0v) is 14.0. The van der Waals surface area contributed by atoms with E-state index >= 15 is 0 Å². The van der Waals surface area contributed by atoms with Gasteiger partial charge >= 0.3 is 5.97 Å². The van der Waals surface area contributed by atoms with Crippen LogP contribution in [0.25, 0.3) is 0 Å². The highest BCUT2D eigenvalue weighted by atomic mass is 79.9. The molecule has 4 nitrogen and oxygen atoms in total. The lowest BCUT2D eigenvalue weighted by molar-refractivity contribution is 0.0698. The van der Waals surface area contributed by atoms with Crippen molar-refractivity contribution in [2.45, 2.75) is 38.6 Å². The van der Waals surface area contributed by atoms with E-state index < -0.39 is 5.97 Å². The van der Waals surface area contributed by atoms with Gasteiger partial charge in [-0.3, -0.25) is 0 Å². The molecule has 1 aliphatic heterocycles. The van der Waals surface area contributed by atoms with Gasteiger partial charge in [-0.25, -0.2) is 4.79 Å². The first-order valence-corrected chi connectivity index (χ1v) is 8.38. The lowest BCUT2D eigenvalue weighted by Gasteiger charge is -2.33. The minimum absolute atomic E-state index is 0.324. The molecule has 1 heterocycles. The van der Waals surface area contributed by atoms with Gasteiger partial charge in [-0.1, -0.05) is 22.4 Å². The van der Waals surface area contributed by atoms with E-state index in [1.807, 2.05) is 6.07 Å². The van der Waals surface area contributed by atoms with Crippen LogP contribution in [0.3, 0.4) is 0 Å². The number of carboxylic acids is 1. The van der Waals surface area contributed by atoms with Gasteiger partial charge in [0.2, 0.25) is 0 Å². The number of carbonyl (C=O) groups is 1. The van der Waals surface area contributed by atoms with Gasteiger partial charge in [0.15, 0.2) is 0 Å². The summed E-state index contributed by atoms with van der Waals surface area (Å²) in [6, 6.07) is 5.89. The molecule has 21 heavy (non-hydrogen) atoms. The molecule has 1 fully saturated rings. The maximum atomic E-state index is 11.2. The number of hydrogen-bond acceptors (Lipinski definition) is 3. The summed E-state index contributed by atoms with van der Waals surface area (Å²) in [7, 11) is 0.